The normalized spacial score (nSPS) is 17.2. The van der Waals surface area contributed by atoms with Crippen molar-refractivity contribution in [3.63, 3.8) is 0 Å². The summed E-state index contributed by atoms with van der Waals surface area (Å²) in [7, 11) is 0. The van der Waals surface area contributed by atoms with Crippen LogP contribution in [0.5, 0.6) is 28.7 Å². The number of amides is 1. The van der Waals surface area contributed by atoms with Crippen LogP contribution < -0.4 is 28.6 Å². The van der Waals surface area contributed by atoms with Gasteiger partial charge >= 0.3 is 5.91 Å². The minimum Gasteiger partial charge on any atom is -0.507 e. The Labute approximate surface area is 258 Å². The number of anilines is 1. The predicted molar refractivity (Wildman–Crippen MR) is 166 cm³/mol. The van der Waals surface area contributed by atoms with E-state index in [9.17, 15) is 14.7 Å². The monoisotopic (exact) mass is 616 g/mol. The number of aliphatic hydroxyl groups excluding tert-OH is 1. The molecule has 2 aliphatic rings. The van der Waals surface area contributed by atoms with E-state index in [0.29, 0.717) is 83.6 Å². The molecule has 4 aromatic rings. The number of fused-ring (bicyclic) bond motifs is 2. The largest absolute Gasteiger partial charge is 0.507 e. The quantitative estimate of drug-likeness (QED) is 0.125. The minimum absolute atomic E-state index is 0.0781. The van der Waals surface area contributed by atoms with Crippen LogP contribution in [0.3, 0.4) is 0 Å². The Balaban J connectivity index is 1.52. The van der Waals surface area contributed by atoms with Gasteiger partial charge in [-0.2, -0.15) is 0 Å². The third-order valence-electron chi connectivity index (χ3n) is 7.17. The molecule has 0 saturated carbocycles. The summed E-state index contributed by atoms with van der Waals surface area (Å²) in [5.41, 5.74) is 1.44. The lowest BCUT2D eigenvalue weighted by atomic mass is 9.95. The maximum atomic E-state index is 13.8. The molecule has 1 atom stereocenters. The number of hydrogen-bond acceptors (Lipinski definition) is 10. The van der Waals surface area contributed by atoms with Crippen molar-refractivity contribution >= 4 is 44.1 Å². The van der Waals surface area contributed by atoms with E-state index < -0.39 is 17.7 Å². The highest BCUT2D eigenvalue weighted by Gasteiger charge is 2.48. The summed E-state index contributed by atoms with van der Waals surface area (Å²) in [6.45, 7) is 7.93. The van der Waals surface area contributed by atoms with E-state index in [4.69, 9.17) is 28.7 Å². The van der Waals surface area contributed by atoms with Gasteiger partial charge in [-0.05, 0) is 74.4 Å². The van der Waals surface area contributed by atoms with Crippen molar-refractivity contribution in [1.29, 1.82) is 0 Å². The van der Waals surface area contributed by atoms with Crippen LogP contribution >= 0.6 is 11.3 Å². The van der Waals surface area contributed by atoms with Gasteiger partial charge in [0.2, 0.25) is 0 Å². The van der Waals surface area contributed by atoms with E-state index in [0.717, 1.165) is 11.1 Å². The third kappa shape index (κ3) is 5.39. The Morgan fingerprint density at radius 1 is 0.932 bits per heavy atom. The van der Waals surface area contributed by atoms with E-state index in [1.165, 1.54) is 16.2 Å². The van der Waals surface area contributed by atoms with E-state index in [-0.39, 0.29) is 11.3 Å². The molecule has 3 aromatic carbocycles. The number of carbonyl (C=O) groups is 2. The van der Waals surface area contributed by atoms with Gasteiger partial charge in [-0.15, -0.1) is 0 Å². The van der Waals surface area contributed by atoms with Gasteiger partial charge < -0.3 is 28.8 Å². The molecule has 11 heteroatoms. The van der Waals surface area contributed by atoms with Crippen LogP contribution in [0.1, 0.15) is 44.4 Å². The summed E-state index contributed by atoms with van der Waals surface area (Å²) in [6.07, 6.45) is 0.811. The highest BCUT2D eigenvalue weighted by molar-refractivity contribution is 7.22. The lowest BCUT2D eigenvalue weighted by molar-refractivity contribution is -0.132. The van der Waals surface area contributed by atoms with E-state index in [1.54, 1.807) is 36.4 Å². The van der Waals surface area contributed by atoms with Crippen molar-refractivity contribution in [3.05, 3.63) is 71.3 Å². The molecule has 0 bridgehead atoms. The summed E-state index contributed by atoms with van der Waals surface area (Å²) in [5.74, 6) is 0.698. The van der Waals surface area contributed by atoms with Crippen LogP contribution in [-0.2, 0) is 9.59 Å². The van der Waals surface area contributed by atoms with Crippen LogP contribution in [0, 0.1) is 0 Å². The van der Waals surface area contributed by atoms with E-state index >= 15 is 0 Å². The molecule has 44 heavy (non-hydrogen) atoms. The molecular weight excluding hydrogens is 584 g/mol. The molecule has 1 amide bonds. The van der Waals surface area contributed by atoms with Crippen LogP contribution in [0.2, 0.25) is 0 Å². The first-order chi connectivity index (χ1) is 21.4. The summed E-state index contributed by atoms with van der Waals surface area (Å²) < 4.78 is 29.6. The Morgan fingerprint density at radius 2 is 1.73 bits per heavy atom. The Hall–Kier alpha value is -4.77. The van der Waals surface area contributed by atoms with Crippen molar-refractivity contribution in [2.45, 2.75) is 33.2 Å². The summed E-state index contributed by atoms with van der Waals surface area (Å²) in [4.78, 5) is 33.7. The fourth-order valence-corrected chi connectivity index (χ4v) is 6.26. The zero-order valence-corrected chi connectivity index (χ0v) is 25.4. The van der Waals surface area contributed by atoms with Crippen LogP contribution in [-0.4, -0.2) is 54.8 Å². The third-order valence-corrected chi connectivity index (χ3v) is 8.19. The minimum atomic E-state index is -1.01. The summed E-state index contributed by atoms with van der Waals surface area (Å²) in [6, 6.07) is 14.7. The molecule has 1 fully saturated rings. The van der Waals surface area contributed by atoms with Gasteiger partial charge in [0, 0.05) is 5.56 Å². The molecule has 0 unspecified atom stereocenters. The zero-order valence-electron chi connectivity index (χ0n) is 24.6. The van der Waals surface area contributed by atoms with Gasteiger partial charge in [-0.1, -0.05) is 24.3 Å². The fourth-order valence-electron chi connectivity index (χ4n) is 5.24. The van der Waals surface area contributed by atoms with Crippen molar-refractivity contribution in [2.75, 3.05) is 37.9 Å². The molecule has 0 spiro atoms. The smallest absolute Gasteiger partial charge is 0.301 e. The molecule has 1 saturated heterocycles. The Kier molecular flexibility index (Phi) is 8.30. The number of ketones is 1. The molecule has 10 nitrogen and oxygen atoms in total. The van der Waals surface area contributed by atoms with E-state index in [2.05, 4.69) is 0 Å². The van der Waals surface area contributed by atoms with Gasteiger partial charge in [0.15, 0.2) is 28.1 Å². The maximum absolute atomic E-state index is 13.8. The van der Waals surface area contributed by atoms with Crippen LogP contribution in [0.4, 0.5) is 5.13 Å². The fraction of sp³-hybridized carbons (Fsp3) is 0.303. The van der Waals surface area contributed by atoms with Gasteiger partial charge in [0.25, 0.3) is 5.78 Å². The van der Waals surface area contributed by atoms with Crippen LogP contribution in [0.25, 0.3) is 16.0 Å². The second-order valence-corrected chi connectivity index (χ2v) is 11.1. The molecule has 2 aliphatic heterocycles. The molecule has 1 aromatic heterocycles. The van der Waals surface area contributed by atoms with Crippen molar-refractivity contribution in [1.82, 2.24) is 4.98 Å². The Morgan fingerprint density at radius 3 is 2.50 bits per heavy atom. The topological polar surface area (TPSA) is 117 Å². The number of Topliss-reactive ketones (excluding diaryl/α,β-unsaturated/α-hetero) is 1. The lowest BCUT2D eigenvalue weighted by Crippen LogP contribution is -2.29. The molecule has 228 valence electrons. The van der Waals surface area contributed by atoms with E-state index in [1.807, 2.05) is 39.0 Å². The number of benzene rings is 3. The number of carbonyl (C=O) groups excluding carboxylic acids is 2. The zero-order chi connectivity index (χ0) is 30.8. The number of aromatic nitrogens is 1. The lowest BCUT2D eigenvalue weighted by Gasteiger charge is -2.24. The Bertz CT molecular complexity index is 1760. The predicted octanol–water partition coefficient (Wildman–Crippen LogP) is 6.28. The van der Waals surface area contributed by atoms with Crippen LogP contribution in [0.15, 0.2) is 60.2 Å². The number of hydrogen-bond donors (Lipinski definition) is 1. The highest BCUT2D eigenvalue weighted by atomic mass is 32.1. The second kappa shape index (κ2) is 12.5. The highest BCUT2D eigenvalue weighted by Crippen LogP contribution is 2.46. The standard InChI is InChI=1S/C33H32N2O8S/c1-4-13-41-23-11-7-19(16-25(23)40-6-3)29-28(30(36)20-8-12-24-26(17-20)43-15-14-42-24)31(37)32(38)35(29)33-34-22-10-9-21(39-5-2)18-27(22)44-33/h7-12,16-18,29,36H,4-6,13-15H2,1-3H3/t29-/m1/s1. The maximum Gasteiger partial charge on any atom is 0.301 e. The summed E-state index contributed by atoms with van der Waals surface area (Å²) >= 11 is 1.26. The van der Waals surface area contributed by atoms with Gasteiger partial charge in [-0.25, -0.2) is 4.98 Å². The second-order valence-electron chi connectivity index (χ2n) is 10.1. The van der Waals surface area contributed by atoms with Crippen molar-refractivity contribution < 1.29 is 38.4 Å². The van der Waals surface area contributed by atoms with Gasteiger partial charge in [0.1, 0.15) is 24.7 Å². The average Bonchev–Trinajstić information content (AvgIpc) is 3.57. The van der Waals surface area contributed by atoms with Gasteiger partial charge in [0.05, 0.1) is 41.7 Å². The molecule has 0 radical (unpaired) electrons. The number of thiazole rings is 1. The molecular formula is C33H32N2O8S. The molecule has 6 rings (SSSR count). The number of ether oxygens (including phenoxy) is 5. The summed E-state index contributed by atoms with van der Waals surface area (Å²) in [5, 5.41) is 12.0. The van der Waals surface area contributed by atoms with Crippen molar-refractivity contribution in [2.24, 2.45) is 0 Å². The SMILES string of the molecule is CCCOc1ccc([C@@H]2C(=C(O)c3ccc4c(c3)OCCO4)C(=O)C(=O)N2c2nc3ccc(OCC)cc3s2)cc1OCC. The molecule has 3 heterocycles. The molecule has 1 N–H and O–H groups in total. The van der Waals surface area contributed by atoms with Gasteiger partial charge in [-0.3, -0.25) is 14.5 Å². The molecule has 0 aliphatic carbocycles. The number of aliphatic hydroxyl groups is 1. The first kappa shape index (κ1) is 29.3. The number of nitrogens with zero attached hydrogens (tertiary/aromatic N) is 2. The number of rotatable bonds is 10. The average molecular weight is 617 g/mol. The van der Waals surface area contributed by atoms with Crippen molar-refractivity contribution in [3.8, 4) is 28.7 Å². The first-order valence-corrected chi connectivity index (χ1v) is 15.4. The first-order valence-electron chi connectivity index (χ1n) is 14.6.